The summed E-state index contributed by atoms with van der Waals surface area (Å²) in [6, 6.07) is 8.48. The van der Waals surface area contributed by atoms with Crippen molar-refractivity contribution in [2.75, 3.05) is 0 Å². The zero-order valence-electron chi connectivity index (χ0n) is 14.5. The van der Waals surface area contributed by atoms with Gasteiger partial charge < -0.3 is 19.5 Å². The summed E-state index contributed by atoms with van der Waals surface area (Å²) in [5.74, 6) is -0.585. The summed E-state index contributed by atoms with van der Waals surface area (Å²) in [5.41, 5.74) is 1.25. The van der Waals surface area contributed by atoms with E-state index in [0.717, 1.165) is 10.9 Å². The molecule has 7 nitrogen and oxygen atoms in total. The Hall–Kier alpha value is -3.19. The van der Waals surface area contributed by atoms with Gasteiger partial charge in [0.1, 0.15) is 12.4 Å². The molecule has 0 aliphatic carbocycles. The summed E-state index contributed by atoms with van der Waals surface area (Å²) in [5, 5.41) is 21.3. The SMILES string of the molecule is CCC1(O)C(=O)OCc2c1cc1n(c2=O)Cc2cc3cc(O)ccc3nc2-1. The van der Waals surface area contributed by atoms with E-state index in [4.69, 9.17) is 4.74 Å². The molecule has 5 rings (SSSR count). The maximum Gasteiger partial charge on any atom is 0.343 e. The molecule has 0 radical (unpaired) electrons. The number of aliphatic hydroxyl groups is 1. The number of carbonyl (C=O) groups excluding carboxylic acids is 1. The smallest absolute Gasteiger partial charge is 0.343 e. The number of rotatable bonds is 1. The Morgan fingerprint density at radius 1 is 1.26 bits per heavy atom. The van der Waals surface area contributed by atoms with Crippen LogP contribution in [0.1, 0.15) is 30.0 Å². The topological polar surface area (TPSA) is 102 Å². The van der Waals surface area contributed by atoms with Crippen LogP contribution >= 0.6 is 0 Å². The van der Waals surface area contributed by atoms with Crippen LogP contribution in [0, 0.1) is 0 Å². The predicted molar refractivity (Wildman–Crippen MR) is 96.2 cm³/mol. The van der Waals surface area contributed by atoms with Gasteiger partial charge in [-0.2, -0.15) is 0 Å². The average Bonchev–Trinajstić information content (AvgIpc) is 3.01. The van der Waals surface area contributed by atoms with Crippen molar-refractivity contribution in [2.24, 2.45) is 0 Å². The molecule has 0 amide bonds. The molecule has 0 fully saturated rings. The van der Waals surface area contributed by atoms with Crippen LogP contribution < -0.4 is 5.56 Å². The number of esters is 1. The summed E-state index contributed by atoms with van der Waals surface area (Å²) in [6.45, 7) is 1.87. The number of ether oxygens (including phenoxy) is 1. The molecule has 27 heavy (non-hydrogen) atoms. The molecule has 0 spiro atoms. The lowest BCUT2D eigenvalue weighted by atomic mass is 9.86. The van der Waals surface area contributed by atoms with Crippen LogP contribution in [0.25, 0.3) is 22.3 Å². The monoisotopic (exact) mass is 364 g/mol. The van der Waals surface area contributed by atoms with Crippen molar-refractivity contribution in [3.8, 4) is 17.1 Å². The Bertz CT molecular complexity index is 1210. The van der Waals surface area contributed by atoms with E-state index in [1.165, 1.54) is 0 Å². The molecule has 0 saturated carbocycles. The Kier molecular flexibility index (Phi) is 3.07. The van der Waals surface area contributed by atoms with Gasteiger partial charge in [0, 0.05) is 16.5 Å². The van der Waals surface area contributed by atoms with E-state index in [-0.39, 0.29) is 24.3 Å². The number of carbonyl (C=O) groups is 1. The Morgan fingerprint density at radius 3 is 2.85 bits per heavy atom. The number of cyclic esters (lactones) is 1. The molecule has 3 aromatic rings. The van der Waals surface area contributed by atoms with E-state index >= 15 is 0 Å². The number of pyridine rings is 2. The minimum absolute atomic E-state index is 0.110. The number of hydrogen-bond acceptors (Lipinski definition) is 6. The highest BCUT2D eigenvalue weighted by atomic mass is 16.6. The third-order valence-electron chi connectivity index (χ3n) is 5.49. The van der Waals surface area contributed by atoms with Gasteiger partial charge in [0.2, 0.25) is 0 Å². The zero-order chi connectivity index (χ0) is 18.9. The fourth-order valence-electron chi connectivity index (χ4n) is 3.97. The first-order chi connectivity index (χ1) is 12.9. The number of hydrogen-bond donors (Lipinski definition) is 2. The van der Waals surface area contributed by atoms with Crippen molar-refractivity contribution < 1.29 is 19.7 Å². The van der Waals surface area contributed by atoms with Gasteiger partial charge in [0.05, 0.1) is 29.0 Å². The van der Waals surface area contributed by atoms with Crippen LogP contribution in [-0.2, 0) is 28.3 Å². The van der Waals surface area contributed by atoms with Gasteiger partial charge in [0.15, 0.2) is 5.60 Å². The normalized spacial score (nSPS) is 20.1. The van der Waals surface area contributed by atoms with Crippen molar-refractivity contribution in [3.05, 3.63) is 57.4 Å². The minimum atomic E-state index is -1.83. The molecule has 4 heterocycles. The van der Waals surface area contributed by atoms with Crippen molar-refractivity contribution in [2.45, 2.75) is 32.1 Å². The highest BCUT2D eigenvalue weighted by Crippen LogP contribution is 2.38. The van der Waals surface area contributed by atoms with Crippen LogP contribution in [0.15, 0.2) is 35.1 Å². The van der Waals surface area contributed by atoms with Crippen molar-refractivity contribution in [1.29, 1.82) is 0 Å². The summed E-state index contributed by atoms with van der Waals surface area (Å²) >= 11 is 0. The lowest BCUT2D eigenvalue weighted by Crippen LogP contribution is -2.44. The predicted octanol–water partition coefficient (Wildman–Crippen LogP) is 1.79. The van der Waals surface area contributed by atoms with Crippen molar-refractivity contribution >= 4 is 16.9 Å². The first-order valence-electron chi connectivity index (χ1n) is 8.72. The fourth-order valence-corrected chi connectivity index (χ4v) is 3.97. The first-order valence-corrected chi connectivity index (χ1v) is 8.72. The van der Waals surface area contributed by atoms with Crippen LogP contribution in [0.4, 0.5) is 0 Å². The van der Waals surface area contributed by atoms with E-state index in [2.05, 4.69) is 4.98 Å². The van der Waals surface area contributed by atoms with Gasteiger partial charge in [-0.3, -0.25) is 4.79 Å². The summed E-state index contributed by atoms with van der Waals surface area (Å²) in [7, 11) is 0. The maximum absolute atomic E-state index is 13.0. The Balaban J connectivity index is 1.80. The molecule has 2 aliphatic rings. The lowest BCUT2D eigenvalue weighted by Gasteiger charge is -2.31. The molecule has 2 N–H and O–H groups in total. The van der Waals surface area contributed by atoms with Crippen LogP contribution in [0.5, 0.6) is 5.75 Å². The number of nitrogens with zero attached hydrogens (tertiary/aromatic N) is 2. The highest BCUT2D eigenvalue weighted by molar-refractivity contribution is 5.86. The highest BCUT2D eigenvalue weighted by Gasteiger charge is 2.45. The average molecular weight is 364 g/mol. The number of phenolic OH excluding ortho intramolecular Hbond substituents is 1. The van der Waals surface area contributed by atoms with Crippen LogP contribution in [-0.4, -0.2) is 25.7 Å². The first kappa shape index (κ1) is 16.0. The van der Waals surface area contributed by atoms with E-state index in [1.54, 1.807) is 35.8 Å². The number of benzene rings is 1. The molecule has 2 aromatic heterocycles. The molecule has 2 aliphatic heterocycles. The lowest BCUT2D eigenvalue weighted by molar-refractivity contribution is -0.172. The summed E-state index contributed by atoms with van der Waals surface area (Å²) in [6.07, 6.45) is 0.110. The second kappa shape index (κ2) is 5.17. The quantitative estimate of drug-likeness (QED) is 0.499. The summed E-state index contributed by atoms with van der Waals surface area (Å²) in [4.78, 5) is 29.8. The van der Waals surface area contributed by atoms with E-state index in [1.807, 2.05) is 6.07 Å². The third kappa shape index (κ3) is 2.03. The molecule has 0 bridgehead atoms. The fraction of sp³-hybridized carbons (Fsp3) is 0.250. The molecule has 1 unspecified atom stereocenters. The molecule has 0 saturated heterocycles. The Morgan fingerprint density at radius 2 is 2.07 bits per heavy atom. The molecular formula is C20H16N2O5. The van der Waals surface area contributed by atoms with E-state index in [9.17, 15) is 19.8 Å². The molecule has 1 atom stereocenters. The standard InChI is InChI=1S/C20H16N2O5/c1-2-20(26)14-7-16-17-11(5-10-6-12(23)3-4-15(10)21-17)8-22(16)18(24)13(14)9-27-19(20)25/h3-7,23,26H,2,8-9H2,1H3. The molecular weight excluding hydrogens is 348 g/mol. The van der Waals surface area contributed by atoms with Gasteiger partial charge in [0.25, 0.3) is 5.56 Å². The van der Waals surface area contributed by atoms with Crippen molar-refractivity contribution in [1.82, 2.24) is 9.55 Å². The minimum Gasteiger partial charge on any atom is -0.508 e. The second-order valence-electron chi connectivity index (χ2n) is 6.98. The molecule has 136 valence electrons. The summed E-state index contributed by atoms with van der Waals surface area (Å²) < 4.78 is 6.65. The largest absolute Gasteiger partial charge is 0.508 e. The van der Waals surface area contributed by atoms with Gasteiger partial charge in [-0.15, -0.1) is 0 Å². The van der Waals surface area contributed by atoms with Crippen LogP contribution in [0.2, 0.25) is 0 Å². The van der Waals surface area contributed by atoms with Crippen LogP contribution in [0.3, 0.4) is 0 Å². The maximum atomic E-state index is 13.0. The number of aromatic hydroxyl groups is 1. The molecule has 1 aromatic carbocycles. The van der Waals surface area contributed by atoms with Gasteiger partial charge in [-0.1, -0.05) is 6.92 Å². The number of fused-ring (bicyclic) bond motifs is 5. The van der Waals surface area contributed by atoms with Gasteiger partial charge in [-0.05, 0) is 36.8 Å². The zero-order valence-corrected chi connectivity index (χ0v) is 14.5. The number of phenols is 1. The third-order valence-corrected chi connectivity index (χ3v) is 5.49. The van der Waals surface area contributed by atoms with E-state index < -0.39 is 11.6 Å². The van der Waals surface area contributed by atoms with Gasteiger partial charge in [-0.25, -0.2) is 9.78 Å². The molecule has 7 heteroatoms. The van der Waals surface area contributed by atoms with Gasteiger partial charge >= 0.3 is 5.97 Å². The number of aromatic nitrogens is 2. The second-order valence-corrected chi connectivity index (χ2v) is 6.98. The van der Waals surface area contributed by atoms with E-state index in [0.29, 0.717) is 34.6 Å². The Labute approximate surface area is 153 Å². The van der Waals surface area contributed by atoms with Crippen molar-refractivity contribution in [3.63, 3.8) is 0 Å².